The van der Waals surface area contributed by atoms with Crippen LogP contribution in [0.15, 0.2) is 199 Å². The molecule has 0 aliphatic heterocycles. The van der Waals surface area contributed by atoms with Gasteiger partial charge in [-0.2, -0.15) is 0 Å². The van der Waals surface area contributed by atoms with Crippen molar-refractivity contribution >= 4 is 64.7 Å². The van der Waals surface area contributed by atoms with Gasteiger partial charge in [0.15, 0.2) is 0 Å². The Labute approximate surface area is 357 Å². The predicted octanol–water partition coefficient (Wildman–Crippen LogP) is 16.3. The summed E-state index contributed by atoms with van der Waals surface area (Å²) < 4.78 is 5.30. The average molecular weight is 795 g/mol. The van der Waals surface area contributed by atoms with Gasteiger partial charge in [0.05, 0.1) is 23.0 Å². The number of aliphatic imine (C=N–C) groups is 1. The number of nitrogens with zero attached hydrogens (tertiary/aromatic N) is 2. The molecule has 3 heteroatoms. The number of thiophene rings is 1. The van der Waals surface area contributed by atoms with Gasteiger partial charge in [-0.15, -0.1) is 11.3 Å². The summed E-state index contributed by atoms with van der Waals surface area (Å²) in [5, 5.41) is 5.25. The second kappa shape index (κ2) is 16.0. The quantitative estimate of drug-likeness (QED) is 0.123. The van der Waals surface area contributed by atoms with Crippen LogP contribution in [0.4, 0.5) is 5.69 Å². The molecule has 9 aromatic rings. The standard InChI is InChI=1S/C57H50N2S/c1-5-37(2)54(39(4)55(41-21-11-7-12-22-41)58-44-23-13-8-14-24-44)43-32-34-51(38(3)35-43)59-52-30-16-15-25-47(52)48-33-31-42(36-53(48)59)46-27-18-29-50-49-28-17-26-45(56(49)60-57(46)50)40-19-9-6-10-20-40/h6-39,51,54H,5H2,1-4H3/t37?,38?,39-,51?,54?/m1/s1. The summed E-state index contributed by atoms with van der Waals surface area (Å²) in [6, 6.07) is 62.0. The third-order valence-corrected chi connectivity index (χ3v) is 14.4. The van der Waals surface area contributed by atoms with Crippen LogP contribution in [-0.2, 0) is 0 Å². The van der Waals surface area contributed by atoms with Gasteiger partial charge in [0, 0.05) is 42.4 Å². The normalized spacial score (nSPS) is 17.3. The Morgan fingerprint density at radius 2 is 1.22 bits per heavy atom. The maximum Gasteiger partial charge on any atom is 0.0633 e. The van der Waals surface area contributed by atoms with Crippen molar-refractivity contribution in [2.24, 2.45) is 28.7 Å². The van der Waals surface area contributed by atoms with Gasteiger partial charge in [0.1, 0.15) is 0 Å². The van der Waals surface area contributed by atoms with Gasteiger partial charge >= 0.3 is 0 Å². The number of benzene rings is 7. The minimum Gasteiger partial charge on any atom is -0.333 e. The lowest BCUT2D eigenvalue weighted by Gasteiger charge is -2.35. The summed E-state index contributed by atoms with van der Waals surface area (Å²) in [6.45, 7) is 9.56. The molecule has 0 radical (unpaired) electrons. The lowest BCUT2D eigenvalue weighted by molar-refractivity contribution is 0.345. The lowest BCUT2D eigenvalue weighted by Crippen LogP contribution is -2.30. The molecule has 10 rings (SSSR count). The van der Waals surface area contributed by atoms with Crippen LogP contribution in [0, 0.1) is 23.7 Å². The number of aromatic nitrogens is 1. The average Bonchev–Trinajstić information content (AvgIpc) is 3.85. The van der Waals surface area contributed by atoms with E-state index in [4.69, 9.17) is 4.99 Å². The van der Waals surface area contributed by atoms with Crippen molar-refractivity contribution < 1.29 is 0 Å². The monoisotopic (exact) mass is 794 g/mol. The molecule has 294 valence electrons. The van der Waals surface area contributed by atoms with Crippen molar-refractivity contribution in [2.75, 3.05) is 0 Å². The fourth-order valence-electron chi connectivity index (χ4n) is 9.98. The van der Waals surface area contributed by atoms with Gasteiger partial charge in [0.2, 0.25) is 0 Å². The summed E-state index contributed by atoms with van der Waals surface area (Å²) in [6.07, 6.45) is 8.63. The third kappa shape index (κ3) is 6.72. The van der Waals surface area contributed by atoms with Gasteiger partial charge in [-0.25, -0.2) is 0 Å². The van der Waals surface area contributed by atoms with Crippen molar-refractivity contribution in [3.8, 4) is 22.3 Å². The van der Waals surface area contributed by atoms with E-state index in [-0.39, 0.29) is 17.9 Å². The summed E-state index contributed by atoms with van der Waals surface area (Å²) in [7, 11) is 0. The smallest absolute Gasteiger partial charge is 0.0633 e. The summed E-state index contributed by atoms with van der Waals surface area (Å²) in [5.41, 5.74) is 12.4. The zero-order valence-electron chi connectivity index (χ0n) is 34.8. The van der Waals surface area contributed by atoms with Crippen LogP contribution in [0.5, 0.6) is 0 Å². The van der Waals surface area contributed by atoms with Crippen LogP contribution >= 0.6 is 11.3 Å². The van der Waals surface area contributed by atoms with E-state index in [1.165, 1.54) is 75.4 Å². The van der Waals surface area contributed by atoms with Gasteiger partial charge in [0.25, 0.3) is 0 Å². The Balaban J connectivity index is 1.06. The minimum atomic E-state index is 0.166. The molecule has 2 aromatic heterocycles. The van der Waals surface area contributed by atoms with Gasteiger partial charge < -0.3 is 4.57 Å². The van der Waals surface area contributed by atoms with E-state index in [0.717, 1.165) is 17.8 Å². The highest BCUT2D eigenvalue weighted by Gasteiger charge is 2.33. The molecule has 0 fully saturated rings. The van der Waals surface area contributed by atoms with Crippen LogP contribution in [0.2, 0.25) is 0 Å². The largest absolute Gasteiger partial charge is 0.333 e. The molecule has 1 aliphatic rings. The second-order valence-corrected chi connectivity index (χ2v) is 17.7. The highest BCUT2D eigenvalue weighted by atomic mass is 32.1. The first-order valence-corrected chi connectivity index (χ1v) is 22.4. The molecule has 0 spiro atoms. The van der Waals surface area contributed by atoms with Crippen molar-refractivity contribution in [3.05, 3.63) is 199 Å². The highest BCUT2D eigenvalue weighted by molar-refractivity contribution is 7.26. The topological polar surface area (TPSA) is 17.3 Å². The Kier molecular flexibility index (Phi) is 10.2. The fraction of sp³-hybridized carbons (Fsp3) is 0.175. The molecule has 2 nitrogen and oxygen atoms in total. The molecule has 0 N–H and O–H groups in total. The SMILES string of the molecule is CCC(C)C(C1=CC(C)C(n2c3ccccc3c3ccc(-c4cccc5c4sc4c(-c6ccccc6)cccc45)cc32)C=C1)[C@@H](C)C(=Nc1ccccc1)c1ccccc1. The Morgan fingerprint density at radius 1 is 0.617 bits per heavy atom. The van der Waals surface area contributed by atoms with E-state index in [0.29, 0.717) is 11.8 Å². The van der Waals surface area contributed by atoms with Crippen molar-refractivity contribution in [2.45, 2.75) is 40.2 Å². The lowest BCUT2D eigenvalue weighted by atomic mass is 9.71. The van der Waals surface area contributed by atoms with Crippen molar-refractivity contribution in [1.82, 2.24) is 4.57 Å². The van der Waals surface area contributed by atoms with Gasteiger partial charge in [-0.1, -0.05) is 198 Å². The molecule has 1 aliphatic carbocycles. The second-order valence-electron chi connectivity index (χ2n) is 16.7. The highest BCUT2D eigenvalue weighted by Crippen LogP contribution is 2.46. The predicted molar refractivity (Wildman–Crippen MR) is 260 cm³/mol. The zero-order chi connectivity index (χ0) is 40.7. The number of hydrogen-bond acceptors (Lipinski definition) is 2. The maximum atomic E-state index is 5.35. The molecule has 7 aromatic carbocycles. The number of allylic oxidation sites excluding steroid dienone is 4. The first-order chi connectivity index (χ1) is 29.5. The van der Waals surface area contributed by atoms with E-state index in [2.05, 4.69) is 220 Å². The Morgan fingerprint density at radius 3 is 1.90 bits per heavy atom. The summed E-state index contributed by atoms with van der Waals surface area (Å²) in [4.78, 5) is 5.35. The molecule has 60 heavy (non-hydrogen) atoms. The Hall–Kier alpha value is -6.29. The molecular formula is C57H50N2S. The molecule has 4 unspecified atom stereocenters. The first kappa shape index (κ1) is 37.9. The van der Waals surface area contributed by atoms with E-state index >= 15 is 0 Å². The van der Waals surface area contributed by atoms with Gasteiger partial charge in [-0.3, -0.25) is 4.99 Å². The molecule has 0 saturated heterocycles. The fourth-order valence-corrected chi connectivity index (χ4v) is 11.4. The van der Waals surface area contributed by atoms with E-state index in [9.17, 15) is 0 Å². The first-order valence-electron chi connectivity index (χ1n) is 21.6. The number of hydrogen-bond donors (Lipinski definition) is 0. The molecular weight excluding hydrogens is 745 g/mol. The van der Waals surface area contributed by atoms with Gasteiger partial charge in [-0.05, 0) is 75.4 Å². The van der Waals surface area contributed by atoms with Crippen LogP contribution in [0.3, 0.4) is 0 Å². The van der Waals surface area contributed by atoms with Crippen molar-refractivity contribution in [3.63, 3.8) is 0 Å². The molecule has 0 bridgehead atoms. The van der Waals surface area contributed by atoms with Crippen LogP contribution in [-0.4, -0.2) is 10.3 Å². The molecule has 0 amide bonds. The van der Waals surface area contributed by atoms with Crippen LogP contribution in [0.25, 0.3) is 64.2 Å². The van der Waals surface area contributed by atoms with E-state index < -0.39 is 0 Å². The van der Waals surface area contributed by atoms with Crippen LogP contribution in [0.1, 0.15) is 45.7 Å². The van der Waals surface area contributed by atoms with E-state index in [1.807, 2.05) is 11.3 Å². The number of para-hydroxylation sites is 2. The Bertz CT molecular complexity index is 3070. The molecule has 2 heterocycles. The number of fused-ring (bicyclic) bond motifs is 6. The molecule has 0 saturated carbocycles. The zero-order valence-corrected chi connectivity index (χ0v) is 35.6. The minimum absolute atomic E-state index is 0.166. The van der Waals surface area contributed by atoms with Crippen LogP contribution < -0.4 is 0 Å². The summed E-state index contributed by atoms with van der Waals surface area (Å²) in [5.74, 6) is 1.27. The number of rotatable bonds is 10. The molecule has 5 atom stereocenters. The van der Waals surface area contributed by atoms with E-state index in [1.54, 1.807) is 0 Å². The van der Waals surface area contributed by atoms with Crippen molar-refractivity contribution in [1.29, 1.82) is 0 Å². The summed E-state index contributed by atoms with van der Waals surface area (Å²) >= 11 is 1.92. The maximum absolute atomic E-state index is 5.35. The third-order valence-electron chi connectivity index (χ3n) is 13.1.